The molecule has 0 aliphatic carbocycles. The lowest BCUT2D eigenvalue weighted by atomic mass is 10.3. The van der Waals surface area contributed by atoms with E-state index in [2.05, 4.69) is 0 Å². The molecule has 1 atom stereocenters. The Morgan fingerprint density at radius 2 is 2.19 bits per heavy atom. The van der Waals surface area contributed by atoms with Crippen LogP contribution in [0.4, 0.5) is 5.69 Å². The average Bonchev–Trinajstić information content (AvgIpc) is 2.25. The standard InChI is InChI=1S/C10H13NO5/c1-7(12)6-16-9-4-3-8(11(13)14)5-10(9)15-2/h3-5,7,12H,6H2,1-2H3. The molecule has 0 aliphatic heterocycles. The Bertz CT molecular complexity index is 377. The van der Waals surface area contributed by atoms with E-state index in [9.17, 15) is 10.1 Å². The van der Waals surface area contributed by atoms with Crippen LogP contribution in [0.2, 0.25) is 0 Å². The van der Waals surface area contributed by atoms with Gasteiger partial charge in [-0.3, -0.25) is 10.1 Å². The van der Waals surface area contributed by atoms with Gasteiger partial charge in [-0.15, -0.1) is 0 Å². The van der Waals surface area contributed by atoms with Crippen molar-refractivity contribution in [2.45, 2.75) is 13.0 Å². The first-order valence-electron chi connectivity index (χ1n) is 4.68. The maximum atomic E-state index is 10.5. The van der Waals surface area contributed by atoms with Crippen molar-refractivity contribution < 1.29 is 19.5 Å². The van der Waals surface area contributed by atoms with Crippen LogP contribution in [0, 0.1) is 10.1 Å². The van der Waals surface area contributed by atoms with Gasteiger partial charge in [0.25, 0.3) is 5.69 Å². The molecule has 1 N–H and O–H groups in total. The Hall–Kier alpha value is -1.82. The number of benzene rings is 1. The van der Waals surface area contributed by atoms with Crippen LogP contribution in [0.3, 0.4) is 0 Å². The summed E-state index contributed by atoms with van der Waals surface area (Å²) in [7, 11) is 1.40. The fourth-order valence-corrected chi connectivity index (χ4v) is 1.10. The molecule has 0 fully saturated rings. The predicted molar refractivity (Wildman–Crippen MR) is 56.8 cm³/mol. The summed E-state index contributed by atoms with van der Waals surface area (Å²) >= 11 is 0. The molecule has 88 valence electrons. The van der Waals surface area contributed by atoms with Crippen LogP contribution in [0.15, 0.2) is 18.2 Å². The van der Waals surface area contributed by atoms with Crippen LogP contribution in [0.1, 0.15) is 6.92 Å². The Morgan fingerprint density at radius 3 is 2.69 bits per heavy atom. The molecule has 6 nitrogen and oxygen atoms in total. The number of rotatable bonds is 5. The van der Waals surface area contributed by atoms with Crippen molar-refractivity contribution in [3.05, 3.63) is 28.3 Å². The summed E-state index contributed by atoms with van der Waals surface area (Å²) < 4.78 is 10.2. The number of nitro groups is 1. The van der Waals surface area contributed by atoms with Crippen LogP contribution in [0.25, 0.3) is 0 Å². The van der Waals surface area contributed by atoms with E-state index in [1.54, 1.807) is 6.92 Å². The molecule has 1 aromatic rings. The van der Waals surface area contributed by atoms with E-state index in [4.69, 9.17) is 14.6 Å². The molecule has 1 unspecified atom stereocenters. The molecule has 0 heterocycles. The predicted octanol–water partition coefficient (Wildman–Crippen LogP) is 1.36. The van der Waals surface area contributed by atoms with Gasteiger partial charge in [-0.25, -0.2) is 0 Å². The summed E-state index contributed by atoms with van der Waals surface area (Å²) in [5, 5.41) is 19.6. The third kappa shape index (κ3) is 3.09. The van der Waals surface area contributed by atoms with Crippen molar-refractivity contribution in [1.82, 2.24) is 0 Å². The molecule has 0 spiro atoms. The van der Waals surface area contributed by atoms with Crippen molar-refractivity contribution in [3.8, 4) is 11.5 Å². The highest BCUT2D eigenvalue weighted by molar-refractivity contribution is 5.48. The maximum Gasteiger partial charge on any atom is 0.273 e. The van der Waals surface area contributed by atoms with E-state index in [1.165, 1.54) is 25.3 Å². The smallest absolute Gasteiger partial charge is 0.273 e. The summed E-state index contributed by atoms with van der Waals surface area (Å²) in [6, 6.07) is 4.04. The van der Waals surface area contributed by atoms with Gasteiger partial charge in [0.2, 0.25) is 0 Å². The van der Waals surface area contributed by atoms with E-state index < -0.39 is 11.0 Å². The lowest BCUT2D eigenvalue weighted by molar-refractivity contribution is -0.384. The fraction of sp³-hybridized carbons (Fsp3) is 0.400. The highest BCUT2D eigenvalue weighted by atomic mass is 16.6. The first kappa shape index (κ1) is 12.3. The maximum absolute atomic E-state index is 10.5. The van der Waals surface area contributed by atoms with Crippen LogP contribution in [-0.2, 0) is 0 Å². The molecule has 0 saturated carbocycles. The number of non-ortho nitro benzene ring substituents is 1. The zero-order chi connectivity index (χ0) is 12.1. The van der Waals surface area contributed by atoms with Crippen LogP contribution >= 0.6 is 0 Å². The number of nitrogens with zero attached hydrogens (tertiary/aromatic N) is 1. The Labute approximate surface area is 92.6 Å². The number of methoxy groups -OCH3 is 1. The van der Waals surface area contributed by atoms with Gasteiger partial charge in [0.05, 0.1) is 24.2 Å². The molecular formula is C10H13NO5. The molecule has 0 bridgehead atoms. The summed E-state index contributed by atoms with van der Waals surface area (Å²) in [5.41, 5.74) is -0.0683. The molecule has 1 rings (SSSR count). The summed E-state index contributed by atoms with van der Waals surface area (Å²) in [4.78, 5) is 10.0. The van der Waals surface area contributed by atoms with Gasteiger partial charge in [0, 0.05) is 6.07 Å². The van der Waals surface area contributed by atoms with Crippen molar-refractivity contribution >= 4 is 5.69 Å². The molecular weight excluding hydrogens is 214 g/mol. The van der Waals surface area contributed by atoms with E-state index in [0.717, 1.165) is 0 Å². The summed E-state index contributed by atoms with van der Waals surface area (Å²) in [6.07, 6.45) is -0.611. The fourth-order valence-electron chi connectivity index (χ4n) is 1.10. The number of nitro benzene ring substituents is 1. The second-order valence-corrected chi connectivity index (χ2v) is 3.25. The SMILES string of the molecule is COc1cc([N+](=O)[O-])ccc1OCC(C)O. The highest BCUT2D eigenvalue weighted by Gasteiger charge is 2.12. The minimum absolute atomic E-state index is 0.0683. The van der Waals surface area contributed by atoms with Gasteiger partial charge in [0.15, 0.2) is 11.5 Å². The number of aliphatic hydroxyl groups is 1. The van der Waals surface area contributed by atoms with Gasteiger partial charge >= 0.3 is 0 Å². The average molecular weight is 227 g/mol. The molecule has 0 amide bonds. The Morgan fingerprint density at radius 1 is 1.50 bits per heavy atom. The zero-order valence-corrected chi connectivity index (χ0v) is 9.04. The number of ether oxygens (including phenoxy) is 2. The van der Waals surface area contributed by atoms with Gasteiger partial charge < -0.3 is 14.6 Å². The van der Waals surface area contributed by atoms with Gasteiger partial charge in [-0.05, 0) is 13.0 Å². The van der Waals surface area contributed by atoms with Crippen molar-refractivity contribution in [1.29, 1.82) is 0 Å². The van der Waals surface area contributed by atoms with E-state index in [-0.39, 0.29) is 18.0 Å². The normalized spacial score (nSPS) is 11.9. The first-order valence-corrected chi connectivity index (χ1v) is 4.68. The minimum atomic E-state index is -0.611. The molecule has 0 saturated heterocycles. The summed E-state index contributed by atoms with van der Waals surface area (Å²) in [5.74, 6) is 0.642. The van der Waals surface area contributed by atoms with Crippen LogP contribution in [-0.4, -0.2) is 29.9 Å². The zero-order valence-electron chi connectivity index (χ0n) is 9.04. The monoisotopic (exact) mass is 227 g/mol. The summed E-state index contributed by atoms with van der Waals surface area (Å²) in [6.45, 7) is 1.69. The second-order valence-electron chi connectivity index (χ2n) is 3.25. The van der Waals surface area contributed by atoms with Gasteiger partial charge in [-0.2, -0.15) is 0 Å². The largest absolute Gasteiger partial charge is 0.493 e. The van der Waals surface area contributed by atoms with E-state index >= 15 is 0 Å². The van der Waals surface area contributed by atoms with E-state index in [0.29, 0.717) is 5.75 Å². The van der Waals surface area contributed by atoms with E-state index in [1.807, 2.05) is 0 Å². The Balaban J connectivity index is 2.89. The third-order valence-electron chi connectivity index (χ3n) is 1.84. The van der Waals surface area contributed by atoms with Gasteiger partial charge in [-0.1, -0.05) is 0 Å². The molecule has 16 heavy (non-hydrogen) atoms. The van der Waals surface area contributed by atoms with Crippen LogP contribution < -0.4 is 9.47 Å². The third-order valence-corrected chi connectivity index (χ3v) is 1.84. The number of hydrogen-bond acceptors (Lipinski definition) is 5. The van der Waals surface area contributed by atoms with Crippen molar-refractivity contribution in [3.63, 3.8) is 0 Å². The highest BCUT2D eigenvalue weighted by Crippen LogP contribution is 2.31. The molecule has 6 heteroatoms. The van der Waals surface area contributed by atoms with Crippen molar-refractivity contribution in [2.24, 2.45) is 0 Å². The minimum Gasteiger partial charge on any atom is -0.493 e. The lowest BCUT2D eigenvalue weighted by Gasteiger charge is -2.11. The molecule has 0 radical (unpaired) electrons. The first-order chi connectivity index (χ1) is 7.54. The molecule has 1 aromatic carbocycles. The number of aliphatic hydroxyl groups excluding tert-OH is 1. The Kier molecular flexibility index (Phi) is 4.07. The second kappa shape index (κ2) is 5.32. The number of hydrogen-bond donors (Lipinski definition) is 1. The lowest BCUT2D eigenvalue weighted by Crippen LogP contribution is -2.13. The van der Waals surface area contributed by atoms with Crippen LogP contribution in [0.5, 0.6) is 11.5 Å². The van der Waals surface area contributed by atoms with Crippen molar-refractivity contribution in [2.75, 3.05) is 13.7 Å². The molecule has 0 aromatic heterocycles. The topological polar surface area (TPSA) is 81.8 Å². The quantitative estimate of drug-likeness (QED) is 0.606. The molecule has 0 aliphatic rings. The van der Waals surface area contributed by atoms with Gasteiger partial charge in [0.1, 0.15) is 6.61 Å².